The lowest BCUT2D eigenvalue weighted by atomic mass is 10.2. The third-order valence-corrected chi connectivity index (χ3v) is 2.81. The van der Waals surface area contributed by atoms with Crippen LogP contribution in [0.4, 0.5) is 0 Å². The number of carbonyl (C=O) groups excluding carboxylic acids is 1. The second-order valence-electron chi connectivity index (χ2n) is 4.89. The highest BCUT2D eigenvalue weighted by Gasteiger charge is 2.02. The standard InChI is InChI=1S/C16H30O3/c1-4-6-8-10-12-18-16(14-15(3)17)19-13-11-9-7-5-2/h14H,4-13H2,1-3H3. The van der Waals surface area contributed by atoms with E-state index in [9.17, 15) is 4.79 Å². The molecule has 0 N–H and O–H groups in total. The predicted molar refractivity (Wildman–Crippen MR) is 79.0 cm³/mol. The number of hydrogen-bond acceptors (Lipinski definition) is 3. The summed E-state index contributed by atoms with van der Waals surface area (Å²) >= 11 is 0. The molecular weight excluding hydrogens is 240 g/mol. The van der Waals surface area contributed by atoms with Crippen LogP contribution in [0.3, 0.4) is 0 Å². The summed E-state index contributed by atoms with van der Waals surface area (Å²) in [5.41, 5.74) is 0. The maximum Gasteiger partial charge on any atom is 0.282 e. The zero-order chi connectivity index (χ0) is 14.3. The quantitative estimate of drug-likeness (QED) is 0.278. The summed E-state index contributed by atoms with van der Waals surface area (Å²) in [7, 11) is 0. The van der Waals surface area contributed by atoms with E-state index in [4.69, 9.17) is 9.47 Å². The Balaban J connectivity index is 3.80. The molecule has 0 rings (SSSR count). The van der Waals surface area contributed by atoms with Gasteiger partial charge in [0.05, 0.1) is 19.3 Å². The Labute approximate surface area is 118 Å². The van der Waals surface area contributed by atoms with Gasteiger partial charge in [0.2, 0.25) is 0 Å². The first-order valence-corrected chi connectivity index (χ1v) is 7.68. The third kappa shape index (κ3) is 13.2. The fraction of sp³-hybridized carbons (Fsp3) is 0.812. The molecule has 3 heteroatoms. The van der Waals surface area contributed by atoms with Crippen LogP contribution >= 0.6 is 0 Å². The number of carbonyl (C=O) groups is 1. The topological polar surface area (TPSA) is 35.5 Å². The van der Waals surface area contributed by atoms with E-state index in [2.05, 4.69) is 13.8 Å². The summed E-state index contributed by atoms with van der Waals surface area (Å²) in [6.45, 7) is 7.14. The van der Waals surface area contributed by atoms with E-state index < -0.39 is 0 Å². The van der Waals surface area contributed by atoms with Crippen LogP contribution in [0.25, 0.3) is 0 Å². The molecule has 0 aromatic rings. The smallest absolute Gasteiger partial charge is 0.282 e. The molecule has 3 nitrogen and oxygen atoms in total. The largest absolute Gasteiger partial charge is 0.465 e. The first-order valence-electron chi connectivity index (χ1n) is 7.68. The van der Waals surface area contributed by atoms with Gasteiger partial charge in [0.1, 0.15) is 0 Å². The molecular formula is C16H30O3. The van der Waals surface area contributed by atoms with E-state index in [-0.39, 0.29) is 5.78 Å². The van der Waals surface area contributed by atoms with Gasteiger partial charge in [0.25, 0.3) is 5.95 Å². The molecule has 0 saturated carbocycles. The number of ketones is 1. The minimum Gasteiger partial charge on any atom is -0.465 e. The van der Waals surface area contributed by atoms with Crippen molar-refractivity contribution in [2.75, 3.05) is 13.2 Å². The summed E-state index contributed by atoms with van der Waals surface area (Å²) in [6.07, 6.45) is 10.7. The molecule has 0 atom stereocenters. The summed E-state index contributed by atoms with van der Waals surface area (Å²) in [5, 5.41) is 0. The molecule has 0 aliphatic carbocycles. The van der Waals surface area contributed by atoms with Crippen LogP contribution in [-0.2, 0) is 14.3 Å². The van der Waals surface area contributed by atoms with Crippen molar-refractivity contribution >= 4 is 5.78 Å². The van der Waals surface area contributed by atoms with Crippen LogP contribution in [0, 0.1) is 0 Å². The average molecular weight is 270 g/mol. The van der Waals surface area contributed by atoms with Crippen molar-refractivity contribution in [2.24, 2.45) is 0 Å². The number of hydrogen-bond donors (Lipinski definition) is 0. The van der Waals surface area contributed by atoms with Gasteiger partial charge < -0.3 is 9.47 Å². The molecule has 0 saturated heterocycles. The van der Waals surface area contributed by atoms with E-state index in [1.165, 1.54) is 51.5 Å². The van der Waals surface area contributed by atoms with Crippen molar-refractivity contribution < 1.29 is 14.3 Å². The van der Waals surface area contributed by atoms with Gasteiger partial charge in [-0.25, -0.2) is 0 Å². The Morgan fingerprint density at radius 2 is 1.32 bits per heavy atom. The maximum absolute atomic E-state index is 11.1. The normalized spacial score (nSPS) is 10.1. The minimum absolute atomic E-state index is 0.0304. The lowest BCUT2D eigenvalue weighted by Gasteiger charge is -2.11. The highest BCUT2D eigenvalue weighted by molar-refractivity contribution is 5.87. The summed E-state index contributed by atoms with van der Waals surface area (Å²) < 4.78 is 11.0. The maximum atomic E-state index is 11.1. The van der Waals surface area contributed by atoms with Crippen molar-refractivity contribution in [3.8, 4) is 0 Å². The highest BCUT2D eigenvalue weighted by Crippen LogP contribution is 2.07. The Kier molecular flexibility index (Phi) is 12.7. The molecule has 112 valence electrons. The van der Waals surface area contributed by atoms with Gasteiger partial charge in [-0.2, -0.15) is 0 Å². The van der Waals surface area contributed by atoms with E-state index >= 15 is 0 Å². The van der Waals surface area contributed by atoms with Crippen LogP contribution in [0.2, 0.25) is 0 Å². The lowest BCUT2D eigenvalue weighted by molar-refractivity contribution is -0.113. The summed E-state index contributed by atoms with van der Waals surface area (Å²) in [6, 6.07) is 0. The number of allylic oxidation sites excluding steroid dienone is 1. The molecule has 0 aliphatic rings. The van der Waals surface area contributed by atoms with Crippen LogP contribution in [0.15, 0.2) is 12.0 Å². The van der Waals surface area contributed by atoms with Crippen LogP contribution in [-0.4, -0.2) is 19.0 Å². The number of rotatable bonds is 13. The molecule has 0 amide bonds. The second kappa shape index (κ2) is 13.4. The fourth-order valence-electron chi connectivity index (χ4n) is 1.69. The van der Waals surface area contributed by atoms with Gasteiger partial charge in [0, 0.05) is 0 Å². The van der Waals surface area contributed by atoms with E-state index in [0.717, 1.165) is 12.8 Å². The van der Waals surface area contributed by atoms with Crippen LogP contribution in [0.5, 0.6) is 0 Å². The summed E-state index contributed by atoms with van der Waals surface area (Å²) in [4.78, 5) is 11.1. The van der Waals surface area contributed by atoms with Crippen molar-refractivity contribution in [2.45, 2.75) is 72.1 Å². The lowest BCUT2D eigenvalue weighted by Crippen LogP contribution is -2.04. The molecule has 0 bridgehead atoms. The molecule has 0 aromatic heterocycles. The number of unbranched alkanes of at least 4 members (excludes halogenated alkanes) is 6. The SMILES string of the molecule is CCCCCCOC(=CC(C)=O)OCCCCCC. The van der Waals surface area contributed by atoms with Crippen molar-refractivity contribution in [3.05, 3.63) is 12.0 Å². The van der Waals surface area contributed by atoms with E-state index in [1.807, 2.05) is 0 Å². The molecule has 0 spiro atoms. The second-order valence-corrected chi connectivity index (χ2v) is 4.89. The first kappa shape index (κ1) is 18.0. The minimum atomic E-state index is -0.0304. The molecule has 0 aromatic carbocycles. The Morgan fingerprint density at radius 1 is 0.842 bits per heavy atom. The molecule has 0 radical (unpaired) electrons. The zero-order valence-electron chi connectivity index (χ0n) is 12.9. The number of ether oxygens (including phenoxy) is 2. The Hall–Kier alpha value is -0.990. The molecule has 0 fully saturated rings. The molecule has 0 aliphatic heterocycles. The average Bonchev–Trinajstić information content (AvgIpc) is 2.37. The van der Waals surface area contributed by atoms with Gasteiger partial charge in [-0.15, -0.1) is 0 Å². The van der Waals surface area contributed by atoms with Crippen LogP contribution in [0.1, 0.15) is 72.1 Å². The van der Waals surface area contributed by atoms with Gasteiger partial charge >= 0.3 is 0 Å². The van der Waals surface area contributed by atoms with Gasteiger partial charge in [-0.05, 0) is 19.8 Å². The monoisotopic (exact) mass is 270 g/mol. The van der Waals surface area contributed by atoms with Gasteiger partial charge in [0.15, 0.2) is 5.78 Å². The Bertz CT molecular complexity index is 230. The van der Waals surface area contributed by atoms with E-state index in [0.29, 0.717) is 19.2 Å². The van der Waals surface area contributed by atoms with Gasteiger partial charge in [-0.1, -0.05) is 52.4 Å². The van der Waals surface area contributed by atoms with Crippen molar-refractivity contribution in [3.63, 3.8) is 0 Å². The molecule has 19 heavy (non-hydrogen) atoms. The molecule has 0 heterocycles. The van der Waals surface area contributed by atoms with E-state index in [1.54, 1.807) is 0 Å². The first-order chi connectivity index (χ1) is 9.20. The third-order valence-electron chi connectivity index (χ3n) is 2.81. The van der Waals surface area contributed by atoms with Crippen LogP contribution < -0.4 is 0 Å². The fourth-order valence-corrected chi connectivity index (χ4v) is 1.69. The predicted octanol–water partition coefficient (Wildman–Crippen LogP) is 4.61. The van der Waals surface area contributed by atoms with Gasteiger partial charge in [-0.3, -0.25) is 4.79 Å². The zero-order valence-corrected chi connectivity index (χ0v) is 12.9. The Morgan fingerprint density at radius 3 is 1.68 bits per heavy atom. The highest BCUT2D eigenvalue weighted by atomic mass is 16.7. The summed E-state index contributed by atoms with van der Waals surface area (Å²) in [5.74, 6) is 0.359. The molecule has 0 unspecified atom stereocenters. The van der Waals surface area contributed by atoms with Crippen molar-refractivity contribution in [1.29, 1.82) is 0 Å². The van der Waals surface area contributed by atoms with Crippen molar-refractivity contribution in [1.82, 2.24) is 0 Å².